The van der Waals surface area contributed by atoms with Crippen LogP contribution in [0, 0.1) is 33.5 Å². The number of anilines is 1. The van der Waals surface area contributed by atoms with E-state index in [9.17, 15) is 9.18 Å². The predicted octanol–water partition coefficient (Wildman–Crippen LogP) is 7.01. The fraction of sp³-hybridized carbons (Fsp3) is 0.464. The third kappa shape index (κ3) is 5.06. The average molecular weight is 437 g/mol. The van der Waals surface area contributed by atoms with Gasteiger partial charge in [0.2, 0.25) is 5.91 Å². The van der Waals surface area contributed by atoms with Gasteiger partial charge in [0.05, 0.1) is 5.69 Å². The molecule has 0 spiro atoms. The quantitative estimate of drug-likeness (QED) is 0.478. The number of hydrogen-bond donors (Lipinski definition) is 2. The van der Waals surface area contributed by atoms with E-state index in [1.807, 2.05) is 39.0 Å². The molecule has 1 saturated carbocycles. The van der Waals surface area contributed by atoms with Crippen molar-refractivity contribution in [3.63, 3.8) is 0 Å². The van der Waals surface area contributed by atoms with Crippen LogP contribution in [0.2, 0.25) is 0 Å². The minimum absolute atomic E-state index is 0.0504. The number of halogens is 1. The summed E-state index contributed by atoms with van der Waals surface area (Å²) >= 11 is 0. The van der Waals surface area contributed by atoms with Gasteiger partial charge in [-0.05, 0) is 118 Å². The van der Waals surface area contributed by atoms with E-state index in [0.29, 0.717) is 17.3 Å². The van der Waals surface area contributed by atoms with Crippen LogP contribution in [0.25, 0.3) is 17.2 Å². The summed E-state index contributed by atoms with van der Waals surface area (Å²) in [6.07, 6.45) is 6.63. The van der Waals surface area contributed by atoms with Crippen molar-refractivity contribution >= 4 is 17.7 Å². The van der Waals surface area contributed by atoms with Crippen LogP contribution in [0.5, 0.6) is 0 Å². The van der Waals surface area contributed by atoms with Crippen molar-refractivity contribution in [2.24, 2.45) is 0 Å². The zero-order valence-electron chi connectivity index (χ0n) is 20.6. The number of benzene rings is 2. The van der Waals surface area contributed by atoms with E-state index in [1.54, 1.807) is 6.07 Å². The molecule has 3 rings (SSSR count). The maximum Gasteiger partial charge on any atom is 0.247 e. The van der Waals surface area contributed by atoms with Gasteiger partial charge in [0, 0.05) is 17.7 Å². The van der Waals surface area contributed by atoms with Crippen LogP contribution in [-0.2, 0) is 4.79 Å². The van der Waals surface area contributed by atoms with Crippen molar-refractivity contribution in [3.05, 3.63) is 57.4 Å². The lowest BCUT2D eigenvalue weighted by Gasteiger charge is -2.21. The molecule has 1 amide bonds. The van der Waals surface area contributed by atoms with Gasteiger partial charge in [-0.25, -0.2) is 4.39 Å². The van der Waals surface area contributed by atoms with Gasteiger partial charge < -0.3 is 10.6 Å². The van der Waals surface area contributed by atoms with E-state index in [0.717, 1.165) is 51.8 Å². The summed E-state index contributed by atoms with van der Waals surface area (Å²) in [5.41, 5.74) is 8.79. The molecular formula is C28H37FN2O. The summed E-state index contributed by atoms with van der Waals surface area (Å²) in [6, 6.07) is 6.03. The van der Waals surface area contributed by atoms with Gasteiger partial charge in [-0.15, -0.1) is 0 Å². The normalized spacial score (nSPS) is 14.8. The second kappa shape index (κ2) is 9.89. The molecule has 3 nitrogen and oxygen atoms in total. The molecule has 172 valence electrons. The fourth-order valence-corrected chi connectivity index (χ4v) is 4.73. The Hall–Kier alpha value is -2.62. The zero-order valence-corrected chi connectivity index (χ0v) is 20.6. The first kappa shape index (κ1) is 24.0. The van der Waals surface area contributed by atoms with Crippen molar-refractivity contribution < 1.29 is 9.18 Å². The highest BCUT2D eigenvalue weighted by molar-refractivity contribution is 5.98. The van der Waals surface area contributed by atoms with Gasteiger partial charge in [0.15, 0.2) is 0 Å². The minimum atomic E-state index is -0.200. The van der Waals surface area contributed by atoms with Crippen molar-refractivity contribution in [2.45, 2.75) is 86.2 Å². The Bertz CT molecular complexity index is 1020. The SMILES string of the molecule is CC(=Cc1c(C)c(C)c(-c2ccc(NC3CCCC3)c(F)c2)c(C)c1C)C(=O)NC(C)C. The largest absolute Gasteiger partial charge is 0.380 e. The van der Waals surface area contributed by atoms with Crippen molar-refractivity contribution in [1.82, 2.24) is 5.32 Å². The molecule has 0 atom stereocenters. The van der Waals surface area contributed by atoms with Crippen LogP contribution in [0.4, 0.5) is 10.1 Å². The van der Waals surface area contributed by atoms with Crippen molar-refractivity contribution in [3.8, 4) is 11.1 Å². The second-order valence-electron chi connectivity index (χ2n) is 9.56. The number of hydrogen-bond acceptors (Lipinski definition) is 2. The van der Waals surface area contributed by atoms with Crippen LogP contribution in [0.1, 0.15) is 74.3 Å². The Morgan fingerprint density at radius 1 is 1.03 bits per heavy atom. The molecule has 2 aromatic rings. The van der Waals surface area contributed by atoms with Crippen LogP contribution < -0.4 is 10.6 Å². The summed E-state index contributed by atoms with van der Waals surface area (Å²) in [5.74, 6) is -0.251. The highest BCUT2D eigenvalue weighted by Crippen LogP contribution is 2.37. The summed E-state index contributed by atoms with van der Waals surface area (Å²) in [5, 5.41) is 6.32. The first-order valence-electron chi connectivity index (χ1n) is 11.8. The summed E-state index contributed by atoms with van der Waals surface area (Å²) in [4.78, 5) is 12.4. The summed E-state index contributed by atoms with van der Waals surface area (Å²) in [7, 11) is 0. The summed E-state index contributed by atoms with van der Waals surface area (Å²) in [6.45, 7) is 14.1. The molecule has 0 aromatic heterocycles. The molecule has 4 heteroatoms. The number of rotatable bonds is 6. The predicted molar refractivity (Wildman–Crippen MR) is 134 cm³/mol. The van der Waals surface area contributed by atoms with E-state index in [4.69, 9.17) is 0 Å². The standard InChI is InChI=1S/C28H37FN2O/c1-16(2)30-28(32)17(3)14-24-18(4)20(6)27(21(7)19(24)5)22-12-13-26(25(29)15-22)31-23-10-8-9-11-23/h12-16,23,31H,8-11H2,1-7H3,(H,30,32). The van der Waals surface area contributed by atoms with E-state index in [-0.39, 0.29) is 17.8 Å². The first-order chi connectivity index (χ1) is 15.1. The Labute approximate surface area is 192 Å². The molecule has 0 saturated heterocycles. The maximum atomic E-state index is 15.0. The van der Waals surface area contributed by atoms with E-state index in [1.165, 1.54) is 12.8 Å². The van der Waals surface area contributed by atoms with Gasteiger partial charge in [-0.1, -0.05) is 18.9 Å². The average Bonchev–Trinajstić information content (AvgIpc) is 3.24. The van der Waals surface area contributed by atoms with Crippen LogP contribution in [-0.4, -0.2) is 18.0 Å². The van der Waals surface area contributed by atoms with E-state index in [2.05, 4.69) is 38.3 Å². The Kier molecular flexibility index (Phi) is 7.43. The number of nitrogens with one attached hydrogen (secondary N) is 2. The van der Waals surface area contributed by atoms with Gasteiger partial charge in [0.1, 0.15) is 5.82 Å². The Balaban J connectivity index is 1.98. The molecular weight excluding hydrogens is 399 g/mol. The van der Waals surface area contributed by atoms with Crippen LogP contribution in [0.15, 0.2) is 23.8 Å². The van der Waals surface area contributed by atoms with Gasteiger partial charge in [-0.2, -0.15) is 0 Å². The molecule has 0 radical (unpaired) electrons. The summed E-state index contributed by atoms with van der Waals surface area (Å²) < 4.78 is 15.0. The molecule has 2 aromatic carbocycles. The van der Waals surface area contributed by atoms with Crippen LogP contribution >= 0.6 is 0 Å². The highest BCUT2D eigenvalue weighted by Gasteiger charge is 2.19. The lowest BCUT2D eigenvalue weighted by molar-refractivity contribution is -0.117. The molecule has 0 heterocycles. The smallest absolute Gasteiger partial charge is 0.247 e. The highest BCUT2D eigenvalue weighted by atomic mass is 19.1. The van der Waals surface area contributed by atoms with E-state index < -0.39 is 0 Å². The van der Waals surface area contributed by atoms with Crippen molar-refractivity contribution in [1.29, 1.82) is 0 Å². The molecule has 32 heavy (non-hydrogen) atoms. The van der Waals surface area contributed by atoms with Gasteiger partial charge in [0.25, 0.3) is 0 Å². The minimum Gasteiger partial charge on any atom is -0.380 e. The molecule has 0 bridgehead atoms. The number of carbonyl (C=O) groups excluding carboxylic acids is 1. The molecule has 2 N–H and O–H groups in total. The lowest BCUT2D eigenvalue weighted by Crippen LogP contribution is -2.30. The third-order valence-corrected chi connectivity index (χ3v) is 6.79. The Morgan fingerprint density at radius 3 is 2.16 bits per heavy atom. The molecule has 0 aliphatic heterocycles. The molecule has 1 aliphatic rings. The zero-order chi connectivity index (χ0) is 23.6. The van der Waals surface area contributed by atoms with Gasteiger partial charge in [-0.3, -0.25) is 4.79 Å². The van der Waals surface area contributed by atoms with Crippen LogP contribution in [0.3, 0.4) is 0 Å². The van der Waals surface area contributed by atoms with E-state index >= 15 is 0 Å². The number of amides is 1. The molecule has 0 unspecified atom stereocenters. The second-order valence-corrected chi connectivity index (χ2v) is 9.56. The molecule has 1 aliphatic carbocycles. The number of carbonyl (C=O) groups is 1. The molecule has 1 fully saturated rings. The topological polar surface area (TPSA) is 41.1 Å². The third-order valence-electron chi connectivity index (χ3n) is 6.79. The first-order valence-corrected chi connectivity index (χ1v) is 11.8. The monoisotopic (exact) mass is 436 g/mol. The van der Waals surface area contributed by atoms with Gasteiger partial charge >= 0.3 is 0 Å². The van der Waals surface area contributed by atoms with Crippen molar-refractivity contribution in [2.75, 3.05) is 5.32 Å². The fourth-order valence-electron chi connectivity index (χ4n) is 4.73. The Morgan fingerprint density at radius 2 is 1.62 bits per heavy atom. The maximum absolute atomic E-state index is 15.0. The lowest BCUT2D eigenvalue weighted by atomic mass is 9.85.